The Balaban J connectivity index is 1.51. The van der Waals surface area contributed by atoms with Crippen molar-refractivity contribution >= 4 is 45.3 Å². The number of benzene rings is 2. The molecule has 4 aromatic heterocycles. The summed E-state index contributed by atoms with van der Waals surface area (Å²) in [5.74, 6) is 0. The molecule has 7 rings (SSSR count). The van der Waals surface area contributed by atoms with Crippen molar-refractivity contribution in [2.24, 2.45) is 0 Å². The maximum Gasteiger partial charge on any atom is 0.104 e. The van der Waals surface area contributed by atoms with Crippen molar-refractivity contribution < 1.29 is 0 Å². The van der Waals surface area contributed by atoms with E-state index in [-0.39, 0.29) is 21.7 Å². The van der Waals surface area contributed by atoms with E-state index in [0.29, 0.717) is 0 Å². The molecule has 0 saturated carbocycles. The molecule has 0 radical (unpaired) electrons. The van der Waals surface area contributed by atoms with Crippen molar-refractivity contribution in [2.75, 3.05) is 0 Å². The van der Waals surface area contributed by atoms with Crippen LogP contribution in [-0.4, -0.2) is 9.97 Å². The summed E-state index contributed by atoms with van der Waals surface area (Å²) < 4.78 is 0. The molecule has 1 aliphatic rings. The molecule has 5 heterocycles. The van der Waals surface area contributed by atoms with Gasteiger partial charge < -0.3 is 0 Å². The molecule has 6 aromatic rings. The molecule has 0 atom stereocenters. The summed E-state index contributed by atoms with van der Waals surface area (Å²) >= 11 is 7.42. The van der Waals surface area contributed by atoms with E-state index >= 15 is 0 Å². The van der Waals surface area contributed by atoms with Crippen molar-refractivity contribution in [3.05, 3.63) is 126 Å². The van der Waals surface area contributed by atoms with Crippen LogP contribution in [0, 0.1) is 0 Å². The van der Waals surface area contributed by atoms with Crippen LogP contribution in [0.2, 0.25) is 0 Å². The first-order chi connectivity index (χ1) is 20.8. The van der Waals surface area contributed by atoms with E-state index in [1.807, 2.05) is 22.7 Å². The highest BCUT2D eigenvalue weighted by molar-refractivity contribution is 7.17. The molecule has 0 N–H and O–H groups in total. The lowest BCUT2D eigenvalue weighted by Crippen LogP contribution is -2.24. The second-order valence-electron chi connectivity index (χ2n) is 14.0. The second kappa shape index (κ2) is 10.3. The molecule has 224 valence electrons. The van der Waals surface area contributed by atoms with Crippen LogP contribution < -0.4 is 0 Å². The van der Waals surface area contributed by atoms with Crippen molar-refractivity contribution in [1.82, 2.24) is 9.97 Å². The van der Waals surface area contributed by atoms with Gasteiger partial charge in [-0.05, 0) is 62.1 Å². The number of thiophene rings is 2. The largest absolute Gasteiger partial charge is 0.244 e. The van der Waals surface area contributed by atoms with Gasteiger partial charge in [0.1, 0.15) is 10.0 Å². The monoisotopic (exact) mass is 650 g/mol. The molecule has 44 heavy (non-hydrogen) atoms. The number of hydrogen-bond donors (Lipinski definition) is 0. The SMILES string of the molecule is CC1(C)c2cc(c(-c3ccccc3)s2)C(C)(C)c2csc(n2)C(C)(C)c2cc(c(-c3ccccc3)s2)C(C)(C)c2csc1n2. The summed E-state index contributed by atoms with van der Waals surface area (Å²) in [7, 11) is 0. The predicted molar refractivity (Wildman–Crippen MR) is 192 cm³/mol. The molecule has 0 saturated heterocycles. The van der Waals surface area contributed by atoms with Crippen LogP contribution in [0.4, 0.5) is 0 Å². The third kappa shape index (κ3) is 4.60. The summed E-state index contributed by atoms with van der Waals surface area (Å²) in [5.41, 5.74) is 6.43. The third-order valence-corrected chi connectivity index (χ3v) is 14.8. The van der Waals surface area contributed by atoms with Gasteiger partial charge in [0.2, 0.25) is 0 Å². The van der Waals surface area contributed by atoms with Gasteiger partial charge in [-0.25, -0.2) is 9.97 Å². The Bertz CT molecular complexity index is 1820. The number of rotatable bonds is 2. The van der Waals surface area contributed by atoms with E-state index in [9.17, 15) is 0 Å². The smallest absolute Gasteiger partial charge is 0.104 e. The zero-order valence-electron chi connectivity index (χ0n) is 26.6. The van der Waals surface area contributed by atoms with E-state index in [2.05, 4.69) is 139 Å². The fourth-order valence-electron chi connectivity index (χ4n) is 6.12. The lowest BCUT2D eigenvalue weighted by molar-refractivity contribution is 0.585. The van der Waals surface area contributed by atoms with Crippen LogP contribution in [0.5, 0.6) is 0 Å². The first kappa shape index (κ1) is 29.8. The second-order valence-corrected chi connectivity index (χ2v) is 17.8. The van der Waals surface area contributed by atoms with E-state index in [4.69, 9.17) is 9.97 Å². The fraction of sp³-hybridized carbons (Fsp3) is 0.316. The minimum Gasteiger partial charge on any atom is -0.244 e. The maximum atomic E-state index is 5.45. The zero-order valence-corrected chi connectivity index (χ0v) is 29.9. The lowest BCUT2D eigenvalue weighted by atomic mass is 9.79. The number of hydrogen-bond acceptors (Lipinski definition) is 6. The number of thiazole rings is 2. The number of fused-ring (bicyclic) bond motifs is 8. The maximum absolute atomic E-state index is 5.45. The van der Waals surface area contributed by atoms with Crippen LogP contribution in [0.25, 0.3) is 20.9 Å². The Morgan fingerprint density at radius 2 is 0.841 bits per heavy atom. The molecule has 1 aliphatic heterocycles. The normalized spacial score (nSPS) is 17.8. The van der Waals surface area contributed by atoms with E-state index in [1.165, 1.54) is 41.8 Å². The van der Waals surface area contributed by atoms with Crippen LogP contribution >= 0.6 is 45.3 Å². The highest BCUT2D eigenvalue weighted by Gasteiger charge is 2.40. The highest BCUT2D eigenvalue weighted by atomic mass is 32.1. The molecular weight excluding hydrogens is 613 g/mol. The topological polar surface area (TPSA) is 25.8 Å². The Labute approximate surface area is 277 Å². The zero-order chi connectivity index (χ0) is 31.1. The molecule has 0 unspecified atom stereocenters. The first-order valence-corrected chi connectivity index (χ1v) is 18.5. The summed E-state index contributed by atoms with van der Waals surface area (Å²) in [6.07, 6.45) is 0. The number of aromatic nitrogens is 2. The Morgan fingerprint density at radius 1 is 0.477 bits per heavy atom. The van der Waals surface area contributed by atoms with Crippen molar-refractivity contribution in [3.63, 3.8) is 0 Å². The lowest BCUT2D eigenvalue weighted by Gasteiger charge is -2.26. The average Bonchev–Trinajstić information content (AvgIpc) is 3.82. The Hall–Kier alpha value is -2.90. The van der Waals surface area contributed by atoms with Crippen LogP contribution in [-0.2, 0) is 21.7 Å². The van der Waals surface area contributed by atoms with Crippen LogP contribution in [0.3, 0.4) is 0 Å². The van der Waals surface area contributed by atoms with Gasteiger partial charge in [-0.15, -0.1) is 45.3 Å². The summed E-state index contributed by atoms with van der Waals surface area (Å²) in [6, 6.07) is 26.6. The quantitative estimate of drug-likeness (QED) is 0.186. The summed E-state index contributed by atoms with van der Waals surface area (Å²) in [4.78, 5) is 16.2. The van der Waals surface area contributed by atoms with Gasteiger partial charge >= 0.3 is 0 Å². The summed E-state index contributed by atoms with van der Waals surface area (Å²) in [6.45, 7) is 18.7. The van der Waals surface area contributed by atoms with E-state index in [1.54, 1.807) is 22.7 Å². The van der Waals surface area contributed by atoms with Gasteiger partial charge in [-0.2, -0.15) is 0 Å². The summed E-state index contributed by atoms with van der Waals surface area (Å²) in [5, 5.41) is 6.92. The molecule has 0 aliphatic carbocycles. The van der Waals surface area contributed by atoms with Gasteiger partial charge in [0, 0.05) is 41.1 Å². The van der Waals surface area contributed by atoms with Crippen molar-refractivity contribution in [1.29, 1.82) is 0 Å². The molecule has 2 nitrogen and oxygen atoms in total. The molecule has 6 heteroatoms. The van der Waals surface area contributed by atoms with Crippen LogP contribution in [0.1, 0.15) is 97.7 Å². The molecule has 0 spiro atoms. The van der Waals surface area contributed by atoms with Gasteiger partial charge in [0.05, 0.1) is 22.2 Å². The van der Waals surface area contributed by atoms with Gasteiger partial charge in [-0.1, -0.05) is 88.4 Å². The minimum atomic E-state index is -0.274. The highest BCUT2D eigenvalue weighted by Crippen LogP contribution is 2.52. The van der Waals surface area contributed by atoms with Crippen molar-refractivity contribution in [2.45, 2.75) is 77.0 Å². The molecule has 0 amide bonds. The fourth-order valence-corrected chi connectivity index (χ4v) is 11.4. The van der Waals surface area contributed by atoms with E-state index < -0.39 is 0 Å². The molecule has 2 aromatic carbocycles. The van der Waals surface area contributed by atoms with Crippen LogP contribution in [0.15, 0.2) is 83.6 Å². The third-order valence-electron chi connectivity index (χ3n) is 9.47. The van der Waals surface area contributed by atoms with Crippen molar-refractivity contribution in [3.8, 4) is 20.9 Å². The Morgan fingerprint density at radius 3 is 1.20 bits per heavy atom. The first-order valence-electron chi connectivity index (χ1n) is 15.1. The number of nitrogens with zero attached hydrogens (tertiary/aromatic N) is 2. The van der Waals surface area contributed by atoms with E-state index in [0.717, 1.165) is 21.4 Å². The average molecular weight is 651 g/mol. The minimum absolute atomic E-state index is 0.240. The van der Waals surface area contributed by atoms with Gasteiger partial charge in [0.15, 0.2) is 0 Å². The molecular formula is C38H38N2S4. The standard InChI is InChI=1S/C38H38N2S4/c1-35(2)25-19-29(43-31(25)23-15-11-9-12-16-23)37(5,6)34-40-28(22-42-34)36(3,4)26-20-30(38(7,8)33-39-27(35)21-41-33)44-32(26)24-17-13-10-14-18-24/h9-22H,1-8H3. The predicted octanol–water partition coefficient (Wildman–Crippen LogP) is 11.7. The molecule has 8 bridgehead atoms. The van der Waals surface area contributed by atoms with Gasteiger partial charge in [-0.3, -0.25) is 0 Å². The van der Waals surface area contributed by atoms with Gasteiger partial charge in [0.25, 0.3) is 0 Å². The molecule has 0 fully saturated rings. The Kier molecular flexibility index (Phi) is 6.98.